The summed E-state index contributed by atoms with van der Waals surface area (Å²) in [7, 11) is 0. The Morgan fingerprint density at radius 1 is 1.40 bits per heavy atom. The zero-order valence-corrected chi connectivity index (χ0v) is 15.0. The molecular formula is C14H19BrIN3O. The third kappa shape index (κ3) is 4.98. The van der Waals surface area contributed by atoms with Crippen LogP contribution in [0, 0.1) is 3.57 Å². The Labute approximate surface area is 141 Å². The molecule has 0 aromatic heterocycles. The lowest BCUT2D eigenvalue weighted by Crippen LogP contribution is -2.44. The fourth-order valence-corrected chi connectivity index (χ4v) is 3.12. The molecule has 1 fully saturated rings. The summed E-state index contributed by atoms with van der Waals surface area (Å²) in [6.45, 7) is 6.13. The predicted molar refractivity (Wildman–Crippen MR) is 93.1 cm³/mol. The molecule has 0 radical (unpaired) electrons. The molecule has 0 spiro atoms. The number of nitrogens with zero attached hydrogens (tertiary/aromatic N) is 1. The van der Waals surface area contributed by atoms with E-state index in [9.17, 15) is 4.79 Å². The molecule has 0 unspecified atom stereocenters. The molecule has 1 aromatic carbocycles. The van der Waals surface area contributed by atoms with Gasteiger partial charge in [0.15, 0.2) is 0 Å². The van der Waals surface area contributed by atoms with E-state index in [-0.39, 0.29) is 5.91 Å². The van der Waals surface area contributed by atoms with Crippen LogP contribution in [0.1, 0.15) is 16.8 Å². The van der Waals surface area contributed by atoms with Gasteiger partial charge >= 0.3 is 0 Å². The topological polar surface area (TPSA) is 44.4 Å². The maximum atomic E-state index is 12.1. The largest absolute Gasteiger partial charge is 0.352 e. The molecule has 110 valence electrons. The van der Waals surface area contributed by atoms with Gasteiger partial charge in [0.05, 0.1) is 5.56 Å². The summed E-state index contributed by atoms with van der Waals surface area (Å²) < 4.78 is 1.91. The van der Waals surface area contributed by atoms with Crippen LogP contribution in [0.4, 0.5) is 0 Å². The average Bonchev–Trinajstić information content (AvgIpc) is 2.47. The molecule has 2 N–H and O–H groups in total. The predicted octanol–water partition coefficient (Wildman–Crippen LogP) is 2.08. The first-order chi connectivity index (χ1) is 9.66. The van der Waals surface area contributed by atoms with E-state index in [1.807, 2.05) is 18.2 Å². The summed E-state index contributed by atoms with van der Waals surface area (Å²) >= 11 is 5.64. The number of nitrogens with one attached hydrogen (secondary N) is 2. The SMILES string of the molecule is O=C(NCCCN1CCNCC1)c1cc(I)ccc1Br. The van der Waals surface area contributed by atoms with Crippen molar-refractivity contribution >= 4 is 44.4 Å². The van der Waals surface area contributed by atoms with Gasteiger partial charge in [0.1, 0.15) is 0 Å². The zero-order valence-electron chi connectivity index (χ0n) is 11.3. The molecule has 20 heavy (non-hydrogen) atoms. The van der Waals surface area contributed by atoms with Crippen molar-refractivity contribution in [2.24, 2.45) is 0 Å². The highest BCUT2D eigenvalue weighted by atomic mass is 127. The third-order valence-corrected chi connectivity index (χ3v) is 4.68. The Kier molecular flexibility index (Phi) is 6.73. The van der Waals surface area contributed by atoms with Crippen LogP contribution in [0.25, 0.3) is 0 Å². The fourth-order valence-electron chi connectivity index (χ4n) is 2.21. The second kappa shape index (κ2) is 8.31. The third-order valence-electron chi connectivity index (χ3n) is 3.32. The molecule has 2 rings (SSSR count). The van der Waals surface area contributed by atoms with Gasteiger partial charge in [-0.1, -0.05) is 0 Å². The number of benzene rings is 1. The second-order valence-corrected chi connectivity index (χ2v) is 6.93. The molecule has 6 heteroatoms. The van der Waals surface area contributed by atoms with Crippen LogP contribution in [0.2, 0.25) is 0 Å². The van der Waals surface area contributed by atoms with Crippen molar-refractivity contribution in [3.63, 3.8) is 0 Å². The van der Waals surface area contributed by atoms with Crippen molar-refractivity contribution in [3.8, 4) is 0 Å². The van der Waals surface area contributed by atoms with Crippen molar-refractivity contribution in [1.29, 1.82) is 0 Å². The van der Waals surface area contributed by atoms with E-state index in [1.54, 1.807) is 0 Å². The van der Waals surface area contributed by atoms with E-state index < -0.39 is 0 Å². The molecule has 0 bridgehead atoms. The highest BCUT2D eigenvalue weighted by molar-refractivity contribution is 14.1. The first kappa shape index (κ1) is 16.2. The van der Waals surface area contributed by atoms with E-state index >= 15 is 0 Å². The lowest BCUT2D eigenvalue weighted by Gasteiger charge is -2.27. The minimum Gasteiger partial charge on any atom is -0.352 e. The summed E-state index contributed by atoms with van der Waals surface area (Å²) in [4.78, 5) is 14.5. The van der Waals surface area contributed by atoms with Crippen LogP contribution in [-0.4, -0.2) is 50.1 Å². The Morgan fingerprint density at radius 2 is 2.15 bits per heavy atom. The van der Waals surface area contributed by atoms with Crippen LogP contribution < -0.4 is 10.6 Å². The molecule has 1 aliphatic rings. The van der Waals surface area contributed by atoms with Gasteiger partial charge < -0.3 is 15.5 Å². The molecule has 1 aromatic rings. The van der Waals surface area contributed by atoms with Crippen LogP contribution in [0.15, 0.2) is 22.7 Å². The Hall–Kier alpha value is -0.180. The number of amides is 1. The Bertz CT molecular complexity index is 464. The molecule has 0 atom stereocenters. The van der Waals surface area contributed by atoms with Gasteiger partial charge in [0.2, 0.25) is 0 Å². The van der Waals surface area contributed by atoms with Crippen LogP contribution in [0.3, 0.4) is 0 Å². The summed E-state index contributed by atoms with van der Waals surface area (Å²) in [5.41, 5.74) is 0.707. The Balaban J connectivity index is 1.73. The first-order valence-corrected chi connectivity index (χ1v) is 8.70. The standard InChI is InChI=1S/C14H19BrIN3O/c15-13-3-2-11(16)10-12(13)14(20)18-4-1-7-19-8-5-17-6-9-19/h2-3,10,17H,1,4-9H2,(H,18,20). The quantitative estimate of drug-likeness (QED) is 0.532. The molecule has 1 saturated heterocycles. The van der Waals surface area contributed by atoms with E-state index in [0.29, 0.717) is 5.56 Å². The van der Waals surface area contributed by atoms with Crippen molar-refractivity contribution in [3.05, 3.63) is 31.8 Å². The van der Waals surface area contributed by atoms with Crippen LogP contribution in [-0.2, 0) is 0 Å². The second-order valence-electron chi connectivity index (χ2n) is 4.83. The van der Waals surface area contributed by atoms with E-state index in [4.69, 9.17) is 0 Å². The number of rotatable bonds is 5. The molecule has 1 aliphatic heterocycles. The van der Waals surface area contributed by atoms with Crippen molar-refractivity contribution in [2.45, 2.75) is 6.42 Å². The van der Waals surface area contributed by atoms with E-state index in [2.05, 4.69) is 54.1 Å². The molecule has 1 heterocycles. The van der Waals surface area contributed by atoms with Gasteiger partial charge in [-0.2, -0.15) is 0 Å². The van der Waals surface area contributed by atoms with Crippen LogP contribution >= 0.6 is 38.5 Å². The van der Waals surface area contributed by atoms with Crippen molar-refractivity contribution < 1.29 is 4.79 Å². The van der Waals surface area contributed by atoms with Gasteiger partial charge in [0.25, 0.3) is 5.91 Å². The van der Waals surface area contributed by atoms with E-state index in [0.717, 1.165) is 53.7 Å². The summed E-state index contributed by atoms with van der Waals surface area (Å²) in [5, 5.41) is 6.33. The van der Waals surface area contributed by atoms with Gasteiger partial charge in [-0.25, -0.2) is 0 Å². The smallest absolute Gasteiger partial charge is 0.252 e. The monoisotopic (exact) mass is 451 g/mol. The zero-order chi connectivity index (χ0) is 14.4. The highest BCUT2D eigenvalue weighted by Gasteiger charge is 2.11. The van der Waals surface area contributed by atoms with Gasteiger partial charge in [-0.05, 0) is 69.7 Å². The molecule has 4 nitrogen and oxygen atoms in total. The van der Waals surface area contributed by atoms with Crippen molar-refractivity contribution in [1.82, 2.24) is 15.5 Å². The highest BCUT2D eigenvalue weighted by Crippen LogP contribution is 2.19. The number of carbonyl (C=O) groups excluding carboxylic acids is 1. The molecule has 1 amide bonds. The fraction of sp³-hybridized carbons (Fsp3) is 0.500. The molecule has 0 saturated carbocycles. The number of halogens is 2. The van der Waals surface area contributed by atoms with Gasteiger partial charge in [0, 0.05) is 40.8 Å². The van der Waals surface area contributed by atoms with Crippen molar-refractivity contribution in [2.75, 3.05) is 39.3 Å². The lowest BCUT2D eigenvalue weighted by atomic mass is 10.2. The molecule has 0 aliphatic carbocycles. The minimum atomic E-state index is -0.00398. The Morgan fingerprint density at radius 3 is 2.90 bits per heavy atom. The van der Waals surface area contributed by atoms with Gasteiger partial charge in [-0.15, -0.1) is 0 Å². The minimum absolute atomic E-state index is 0.00398. The normalized spacial score (nSPS) is 16.1. The van der Waals surface area contributed by atoms with Crippen LogP contribution in [0.5, 0.6) is 0 Å². The number of piperazine rings is 1. The number of hydrogen-bond acceptors (Lipinski definition) is 3. The maximum Gasteiger partial charge on any atom is 0.252 e. The lowest BCUT2D eigenvalue weighted by molar-refractivity contribution is 0.0950. The summed E-state index contributed by atoms with van der Waals surface area (Å²) in [5.74, 6) is -0.00398. The summed E-state index contributed by atoms with van der Waals surface area (Å²) in [6, 6.07) is 5.79. The number of hydrogen-bond donors (Lipinski definition) is 2. The maximum absolute atomic E-state index is 12.1. The molecular weight excluding hydrogens is 433 g/mol. The first-order valence-electron chi connectivity index (χ1n) is 6.83. The average molecular weight is 452 g/mol. The van der Waals surface area contributed by atoms with E-state index in [1.165, 1.54) is 0 Å². The summed E-state index contributed by atoms with van der Waals surface area (Å²) in [6.07, 6.45) is 0.993. The van der Waals surface area contributed by atoms with Gasteiger partial charge in [-0.3, -0.25) is 4.79 Å². The number of carbonyl (C=O) groups is 1.